The summed E-state index contributed by atoms with van der Waals surface area (Å²) in [5.41, 5.74) is 5.80. The van der Waals surface area contributed by atoms with Gasteiger partial charge in [-0.2, -0.15) is 0 Å². The minimum Gasteiger partial charge on any atom is -0.376 e. The average Bonchev–Trinajstić information content (AvgIpc) is 1.58. The summed E-state index contributed by atoms with van der Waals surface area (Å²) < 4.78 is 0. The summed E-state index contributed by atoms with van der Waals surface area (Å²) in [6.07, 6.45) is 1.43. The molecule has 4 heteroatoms. The van der Waals surface area contributed by atoms with E-state index in [0.717, 1.165) is 0 Å². The molecule has 0 radical (unpaired) electrons. The number of nitrogens with one attached hydrogen (secondary N) is 1. The Morgan fingerprint density at radius 3 is 2.40 bits per heavy atom. The van der Waals surface area contributed by atoms with Crippen LogP contribution >= 0.6 is 12.2 Å². The highest BCUT2D eigenvalue weighted by molar-refractivity contribution is 7.80. The van der Waals surface area contributed by atoms with Crippen molar-refractivity contribution in [3.8, 4) is 0 Å². The maximum absolute atomic E-state index is 10.4. The Hall–Kier alpha value is -0.900. The molecule has 0 aromatic carbocycles. The van der Waals surface area contributed by atoms with Crippen molar-refractivity contribution in [2.75, 3.05) is 0 Å². The Morgan fingerprint density at radius 1 is 1.60 bits per heavy atom. The Kier molecular flexibility index (Phi) is 3.64. The fourth-order valence-electron chi connectivity index (χ4n) is 0.535. The van der Waals surface area contributed by atoms with Gasteiger partial charge in [0.1, 0.15) is 0 Å². The van der Waals surface area contributed by atoms with Crippen LogP contribution in [-0.4, -0.2) is 10.9 Å². The van der Waals surface area contributed by atoms with Crippen LogP contribution in [0.15, 0.2) is 11.8 Å². The number of carbonyl (C=O) groups excluding carboxylic acids is 1. The van der Waals surface area contributed by atoms with E-state index in [2.05, 4.69) is 17.5 Å². The van der Waals surface area contributed by atoms with Crippen LogP contribution in [-0.2, 0) is 4.79 Å². The summed E-state index contributed by atoms with van der Waals surface area (Å²) in [5.74, 6) is -0.0266. The fraction of sp³-hybridized carbons (Fsp3) is 0.333. The number of hydrogen-bond acceptors (Lipinski definition) is 2. The van der Waals surface area contributed by atoms with Gasteiger partial charge in [-0.05, 0) is 32.1 Å². The van der Waals surface area contributed by atoms with E-state index in [-0.39, 0.29) is 10.9 Å². The normalized spacial score (nSPS) is 10.8. The predicted octanol–water partition coefficient (Wildman–Crippen LogP) is 0.312. The zero-order chi connectivity index (χ0) is 8.15. The maximum Gasteiger partial charge on any atom is 0.167 e. The van der Waals surface area contributed by atoms with Crippen LogP contribution in [0.25, 0.3) is 0 Å². The second-order valence-electron chi connectivity index (χ2n) is 1.93. The van der Waals surface area contributed by atoms with Crippen LogP contribution in [0, 0.1) is 0 Å². The summed E-state index contributed by atoms with van der Waals surface area (Å²) in [4.78, 5) is 10.4. The van der Waals surface area contributed by atoms with Crippen LogP contribution < -0.4 is 11.1 Å². The summed E-state index contributed by atoms with van der Waals surface area (Å²) in [6.45, 7) is 3.19. The van der Waals surface area contributed by atoms with E-state index in [0.29, 0.717) is 5.70 Å². The van der Waals surface area contributed by atoms with E-state index in [1.807, 2.05) is 0 Å². The topological polar surface area (TPSA) is 55.1 Å². The maximum atomic E-state index is 10.4. The zero-order valence-electron chi connectivity index (χ0n) is 5.97. The van der Waals surface area contributed by atoms with Gasteiger partial charge in [0.2, 0.25) is 0 Å². The second-order valence-corrected chi connectivity index (χ2v) is 2.37. The predicted molar refractivity (Wildman–Crippen MR) is 44.4 cm³/mol. The SMILES string of the molecule is CC(=O)/C=C(/C)NC(N)=S. The molecule has 0 rings (SSSR count). The van der Waals surface area contributed by atoms with E-state index in [1.54, 1.807) is 6.92 Å². The molecule has 0 saturated carbocycles. The fourth-order valence-corrected chi connectivity index (χ4v) is 0.696. The lowest BCUT2D eigenvalue weighted by atomic mass is 10.3. The van der Waals surface area contributed by atoms with Crippen LogP contribution in [0.4, 0.5) is 0 Å². The van der Waals surface area contributed by atoms with Gasteiger partial charge in [-0.1, -0.05) is 0 Å². The van der Waals surface area contributed by atoms with Crippen molar-refractivity contribution in [3.05, 3.63) is 11.8 Å². The number of nitrogens with two attached hydrogens (primary N) is 1. The minimum atomic E-state index is -0.0266. The van der Waals surface area contributed by atoms with Crippen LogP contribution in [0.5, 0.6) is 0 Å². The Morgan fingerprint density at radius 2 is 2.10 bits per heavy atom. The lowest BCUT2D eigenvalue weighted by Gasteiger charge is -2.00. The lowest BCUT2D eigenvalue weighted by molar-refractivity contribution is -0.112. The standard InChI is InChI=1S/C6H10N2OS/c1-4(3-5(2)9)8-6(7)10/h3H,1-2H3,(H3,7,8,10)/b4-3-. The van der Waals surface area contributed by atoms with Crippen LogP contribution in [0.2, 0.25) is 0 Å². The molecule has 10 heavy (non-hydrogen) atoms. The van der Waals surface area contributed by atoms with Gasteiger partial charge in [0.05, 0.1) is 0 Å². The molecule has 0 amide bonds. The number of thiocarbonyl (C=S) groups is 1. The van der Waals surface area contributed by atoms with Gasteiger partial charge < -0.3 is 11.1 Å². The first-order chi connectivity index (χ1) is 4.52. The quantitative estimate of drug-likeness (QED) is 0.448. The van der Waals surface area contributed by atoms with Crippen molar-refractivity contribution >= 4 is 23.1 Å². The molecule has 3 nitrogen and oxygen atoms in total. The molecule has 0 unspecified atom stereocenters. The Bertz CT molecular complexity index is 186. The molecule has 0 aromatic rings. The van der Waals surface area contributed by atoms with Crippen molar-refractivity contribution in [3.63, 3.8) is 0 Å². The lowest BCUT2D eigenvalue weighted by Crippen LogP contribution is -2.27. The van der Waals surface area contributed by atoms with Crippen molar-refractivity contribution < 1.29 is 4.79 Å². The summed E-state index contributed by atoms with van der Waals surface area (Å²) >= 11 is 4.54. The third kappa shape index (κ3) is 5.24. The van der Waals surface area contributed by atoms with Crippen LogP contribution in [0.3, 0.4) is 0 Å². The molecule has 0 aliphatic carbocycles. The van der Waals surface area contributed by atoms with E-state index >= 15 is 0 Å². The highest BCUT2D eigenvalue weighted by Crippen LogP contribution is 1.85. The first-order valence-corrected chi connectivity index (χ1v) is 3.18. The van der Waals surface area contributed by atoms with Gasteiger partial charge in [-0.25, -0.2) is 0 Å². The van der Waals surface area contributed by atoms with Gasteiger partial charge in [-0.15, -0.1) is 0 Å². The number of ketones is 1. The van der Waals surface area contributed by atoms with Crippen molar-refractivity contribution in [2.24, 2.45) is 5.73 Å². The third-order valence-electron chi connectivity index (χ3n) is 0.740. The minimum absolute atomic E-state index is 0.0266. The van der Waals surface area contributed by atoms with Crippen molar-refractivity contribution in [1.29, 1.82) is 0 Å². The molecule has 3 N–H and O–H groups in total. The smallest absolute Gasteiger partial charge is 0.167 e. The second kappa shape index (κ2) is 4.00. The van der Waals surface area contributed by atoms with Gasteiger partial charge in [0, 0.05) is 5.70 Å². The van der Waals surface area contributed by atoms with Crippen molar-refractivity contribution in [1.82, 2.24) is 5.32 Å². The molecule has 0 spiro atoms. The van der Waals surface area contributed by atoms with E-state index in [4.69, 9.17) is 5.73 Å². The zero-order valence-corrected chi connectivity index (χ0v) is 6.79. The highest BCUT2D eigenvalue weighted by Gasteiger charge is 1.90. The van der Waals surface area contributed by atoms with E-state index in [1.165, 1.54) is 13.0 Å². The van der Waals surface area contributed by atoms with Gasteiger partial charge in [-0.3, -0.25) is 4.79 Å². The van der Waals surface area contributed by atoms with Crippen molar-refractivity contribution in [2.45, 2.75) is 13.8 Å². The Labute approximate surface area is 65.3 Å². The third-order valence-corrected chi connectivity index (χ3v) is 0.842. The average molecular weight is 158 g/mol. The first kappa shape index (κ1) is 9.10. The molecule has 0 fully saturated rings. The molecule has 0 aliphatic rings. The number of hydrogen-bond donors (Lipinski definition) is 2. The molecule has 0 heterocycles. The molecule has 0 aliphatic heterocycles. The molecule has 0 saturated heterocycles. The number of allylic oxidation sites excluding steroid dienone is 2. The van der Waals surface area contributed by atoms with Gasteiger partial charge in [0.25, 0.3) is 0 Å². The Balaban J connectivity index is 3.95. The van der Waals surface area contributed by atoms with Crippen LogP contribution in [0.1, 0.15) is 13.8 Å². The number of carbonyl (C=O) groups is 1. The molecular formula is C6H10N2OS. The van der Waals surface area contributed by atoms with E-state index < -0.39 is 0 Å². The van der Waals surface area contributed by atoms with Gasteiger partial charge >= 0.3 is 0 Å². The summed E-state index contributed by atoms with van der Waals surface area (Å²) in [5, 5.41) is 2.80. The molecule has 0 atom stereocenters. The largest absolute Gasteiger partial charge is 0.376 e. The summed E-state index contributed by atoms with van der Waals surface area (Å²) in [6, 6.07) is 0. The monoisotopic (exact) mass is 158 g/mol. The molecule has 0 aromatic heterocycles. The molecule has 0 bridgehead atoms. The van der Waals surface area contributed by atoms with E-state index in [9.17, 15) is 4.79 Å². The highest BCUT2D eigenvalue weighted by atomic mass is 32.1. The molecule has 56 valence electrons. The molecular weight excluding hydrogens is 148 g/mol. The summed E-state index contributed by atoms with van der Waals surface area (Å²) in [7, 11) is 0. The first-order valence-electron chi connectivity index (χ1n) is 2.77. The van der Waals surface area contributed by atoms with Gasteiger partial charge in [0.15, 0.2) is 10.9 Å². The number of rotatable bonds is 2.